The average Bonchev–Trinajstić information content (AvgIpc) is 2.83. The van der Waals surface area contributed by atoms with E-state index >= 15 is 0 Å². The van der Waals surface area contributed by atoms with Crippen LogP contribution in [-0.2, 0) is 0 Å². The Balaban J connectivity index is 1.98. The molecule has 2 atom stereocenters. The van der Waals surface area contributed by atoms with E-state index in [9.17, 15) is 4.79 Å². The second-order valence-electron chi connectivity index (χ2n) is 3.66. The van der Waals surface area contributed by atoms with Gasteiger partial charge in [0.05, 0.1) is 0 Å². The lowest BCUT2D eigenvalue weighted by molar-refractivity contribution is 0.0949. The molecule has 0 aromatic heterocycles. The summed E-state index contributed by atoms with van der Waals surface area (Å²) in [5.41, 5.74) is 0.751. The van der Waals surface area contributed by atoms with E-state index in [-0.39, 0.29) is 5.91 Å². The lowest BCUT2D eigenvalue weighted by atomic mass is 10.2. The fraction of sp³-hybridized carbons (Fsp3) is 0.364. The number of benzene rings is 1. The molecule has 2 rings (SSSR count). The molecular weight excluding hydrogens is 162 g/mol. The van der Waals surface area contributed by atoms with Crippen LogP contribution < -0.4 is 5.32 Å². The van der Waals surface area contributed by atoms with Gasteiger partial charge in [0.1, 0.15) is 0 Å². The summed E-state index contributed by atoms with van der Waals surface area (Å²) >= 11 is 0. The van der Waals surface area contributed by atoms with Crippen LogP contribution in [0.15, 0.2) is 30.3 Å². The fourth-order valence-electron chi connectivity index (χ4n) is 1.36. The Morgan fingerprint density at radius 1 is 1.38 bits per heavy atom. The van der Waals surface area contributed by atoms with Gasteiger partial charge in [0.15, 0.2) is 0 Å². The molecule has 1 saturated carbocycles. The van der Waals surface area contributed by atoms with Crippen molar-refractivity contribution in [3.8, 4) is 0 Å². The van der Waals surface area contributed by atoms with Gasteiger partial charge >= 0.3 is 0 Å². The third-order valence-corrected chi connectivity index (χ3v) is 2.46. The van der Waals surface area contributed by atoms with Gasteiger partial charge in [-0.05, 0) is 24.5 Å². The van der Waals surface area contributed by atoms with Crippen LogP contribution in [0.4, 0.5) is 0 Å². The first-order chi connectivity index (χ1) is 6.27. The molecule has 1 fully saturated rings. The normalized spacial score (nSPS) is 25.3. The molecule has 1 aliphatic rings. The van der Waals surface area contributed by atoms with Gasteiger partial charge in [-0.1, -0.05) is 25.1 Å². The quantitative estimate of drug-likeness (QED) is 0.730. The van der Waals surface area contributed by atoms with E-state index in [0.717, 1.165) is 12.0 Å². The number of carbonyl (C=O) groups excluding carboxylic acids is 1. The Labute approximate surface area is 78.0 Å². The highest BCUT2D eigenvalue weighted by molar-refractivity contribution is 5.94. The van der Waals surface area contributed by atoms with Gasteiger partial charge in [-0.2, -0.15) is 0 Å². The second kappa shape index (κ2) is 3.21. The predicted molar refractivity (Wildman–Crippen MR) is 51.5 cm³/mol. The fourth-order valence-corrected chi connectivity index (χ4v) is 1.36. The van der Waals surface area contributed by atoms with Crippen molar-refractivity contribution in [2.24, 2.45) is 5.92 Å². The maximum absolute atomic E-state index is 11.5. The molecule has 2 heteroatoms. The number of nitrogens with one attached hydrogen (secondary N) is 1. The number of hydrogen-bond donors (Lipinski definition) is 1. The molecule has 0 spiro atoms. The van der Waals surface area contributed by atoms with Crippen LogP contribution in [0.5, 0.6) is 0 Å². The topological polar surface area (TPSA) is 29.1 Å². The molecule has 68 valence electrons. The SMILES string of the molecule is C[C@@H]1CC1NC(=O)c1ccccc1. The van der Waals surface area contributed by atoms with Gasteiger partial charge < -0.3 is 5.32 Å². The van der Waals surface area contributed by atoms with E-state index in [1.807, 2.05) is 30.3 Å². The highest BCUT2D eigenvalue weighted by Crippen LogP contribution is 2.29. The number of rotatable bonds is 2. The summed E-state index contributed by atoms with van der Waals surface area (Å²) in [6.07, 6.45) is 1.12. The van der Waals surface area contributed by atoms with E-state index in [0.29, 0.717) is 12.0 Å². The van der Waals surface area contributed by atoms with Gasteiger partial charge in [0, 0.05) is 11.6 Å². The molecule has 1 unspecified atom stereocenters. The Kier molecular flexibility index (Phi) is 2.05. The van der Waals surface area contributed by atoms with Crippen molar-refractivity contribution < 1.29 is 4.79 Å². The first-order valence-electron chi connectivity index (χ1n) is 4.63. The van der Waals surface area contributed by atoms with E-state index < -0.39 is 0 Å². The third kappa shape index (κ3) is 1.89. The van der Waals surface area contributed by atoms with Crippen LogP contribution in [0.1, 0.15) is 23.7 Å². The number of carbonyl (C=O) groups is 1. The van der Waals surface area contributed by atoms with E-state index in [2.05, 4.69) is 12.2 Å². The zero-order valence-electron chi connectivity index (χ0n) is 7.66. The minimum Gasteiger partial charge on any atom is -0.349 e. The smallest absolute Gasteiger partial charge is 0.251 e. The highest BCUT2D eigenvalue weighted by atomic mass is 16.1. The van der Waals surface area contributed by atoms with Crippen molar-refractivity contribution in [3.05, 3.63) is 35.9 Å². The van der Waals surface area contributed by atoms with Gasteiger partial charge in [-0.3, -0.25) is 4.79 Å². The summed E-state index contributed by atoms with van der Waals surface area (Å²) in [7, 11) is 0. The molecule has 13 heavy (non-hydrogen) atoms. The van der Waals surface area contributed by atoms with Crippen LogP contribution in [0.3, 0.4) is 0 Å². The molecule has 1 amide bonds. The van der Waals surface area contributed by atoms with Gasteiger partial charge in [0.2, 0.25) is 0 Å². The molecule has 1 aromatic carbocycles. The molecule has 0 bridgehead atoms. The molecule has 1 aliphatic carbocycles. The minimum atomic E-state index is 0.0509. The average molecular weight is 175 g/mol. The van der Waals surface area contributed by atoms with Crippen molar-refractivity contribution in [1.82, 2.24) is 5.32 Å². The van der Waals surface area contributed by atoms with Gasteiger partial charge in [-0.25, -0.2) is 0 Å². The first-order valence-corrected chi connectivity index (χ1v) is 4.63. The Hall–Kier alpha value is -1.31. The summed E-state index contributed by atoms with van der Waals surface area (Å²) < 4.78 is 0. The summed E-state index contributed by atoms with van der Waals surface area (Å²) in [6.45, 7) is 2.15. The largest absolute Gasteiger partial charge is 0.349 e. The predicted octanol–water partition coefficient (Wildman–Crippen LogP) is 1.82. The van der Waals surface area contributed by atoms with Crippen molar-refractivity contribution >= 4 is 5.91 Å². The number of hydrogen-bond acceptors (Lipinski definition) is 1. The van der Waals surface area contributed by atoms with Crippen molar-refractivity contribution in [2.75, 3.05) is 0 Å². The second-order valence-corrected chi connectivity index (χ2v) is 3.66. The summed E-state index contributed by atoms with van der Waals surface area (Å²) in [5, 5.41) is 2.98. The van der Waals surface area contributed by atoms with Crippen LogP contribution in [0.2, 0.25) is 0 Å². The Morgan fingerprint density at radius 3 is 2.54 bits per heavy atom. The molecule has 2 nitrogen and oxygen atoms in total. The van der Waals surface area contributed by atoms with Gasteiger partial charge in [-0.15, -0.1) is 0 Å². The van der Waals surface area contributed by atoms with Crippen LogP contribution >= 0.6 is 0 Å². The zero-order valence-corrected chi connectivity index (χ0v) is 7.66. The van der Waals surface area contributed by atoms with Crippen LogP contribution in [-0.4, -0.2) is 11.9 Å². The monoisotopic (exact) mass is 175 g/mol. The van der Waals surface area contributed by atoms with Gasteiger partial charge in [0.25, 0.3) is 5.91 Å². The van der Waals surface area contributed by atoms with E-state index in [1.165, 1.54) is 0 Å². The molecular formula is C11H13NO. The lowest BCUT2D eigenvalue weighted by Crippen LogP contribution is -2.26. The molecule has 0 saturated heterocycles. The summed E-state index contributed by atoms with van der Waals surface area (Å²) in [4.78, 5) is 11.5. The zero-order chi connectivity index (χ0) is 9.26. The van der Waals surface area contributed by atoms with Crippen LogP contribution in [0.25, 0.3) is 0 Å². The molecule has 0 radical (unpaired) electrons. The standard InChI is InChI=1S/C11H13NO/c1-8-7-10(8)12-11(13)9-5-3-2-4-6-9/h2-6,8,10H,7H2,1H3,(H,12,13)/t8-,10?/m1/s1. The van der Waals surface area contributed by atoms with E-state index in [1.54, 1.807) is 0 Å². The summed E-state index contributed by atoms with van der Waals surface area (Å²) in [5.74, 6) is 0.711. The lowest BCUT2D eigenvalue weighted by Gasteiger charge is -2.02. The molecule has 0 heterocycles. The highest BCUT2D eigenvalue weighted by Gasteiger charge is 2.33. The summed E-state index contributed by atoms with van der Waals surface area (Å²) in [6, 6.07) is 9.75. The maximum atomic E-state index is 11.5. The first kappa shape index (κ1) is 8.30. The molecule has 0 aliphatic heterocycles. The Morgan fingerprint density at radius 2 is 2.00 bits per heavy atom. The third-order valence-electron chi connectivity index (χ3n) is 2.46. The van der Waals surface area contributed by atoms with E-state index in [4.69, 9.17) is 0 Å². The maximum Gasteiger partial charge on any atom is 0.251 e. The van der Waals surface area contributed by atoms with Crippen molar-refractivity contribution in [3.63, 3.8) is 0 Å². The molecule has 1 aromatic rings. The number of amides is 1. The van der Waals surface area contributed by atoms with Crippen molar-refractivity contribution in [1.29, 1.82) is 0 Å². The van der Waals surface area contributed by atoms with Crippen molar-refractivity contribution in [2.45, 2.75) is 19.4 Å². The Bertz CT molecular complexity index is 307. The van der Waals surface area contributed by atoms with Crippen LogP contribution in [0, 0.1) is 5.92 Å². The molecule has 1 N–H and O–H groups in total. The minimum absolute atomic E-state index is 0.0509.